The van der Waals surface area contributed by atoms with Crippen molar-refractivity contribution in [1.29, 1.82) is 0 Å². The molecule has 0 saturated carbocycles. The Bertz CT molecular complexity index is 973. The van der Waals surface area contributed by atoms with Crippen molar-refractivity contribution in [2.45, 2.75) is 13.5 Å². The Morgan fingerprint density at radius 3 is 2.29 bits per heavy atom. The number of carbonyl (C=O) groups is 2. The highest BCUT2D eigenvalue weighted by molar-refractivity contribution is 6.31. The number of rotatable bonds is 6. The Hall–Kier alpha value is -3.11. The lowest BCUT2D eigenvalue weighted by Crippen LogP contribution is -2.31. The van der Waals surface area contributed by atoms with E-state index < -0.39 is 0 Å². The van der Waals surface area contributed by atoms with Gasteiger partial charge in [-0.25, -0.2) is 0 Å². The number of halogens is 1. The van der Waals surface area contributed by atoms with Gasteiger partial charge < -0.3 is 10.2 Å². The van der Waals surface area contributed by atoms with Crippen molar-refractivity contribution in [3.05, 3.63) is 101 Å². The topological polar surface area (TPSA) is 49.4 Å². The van der Waals surface area contributed by atoms with E-state index >= 15 is 0 Å². The van der Waals surface area contributed by atoms with Crippen LogP contribution in [0.15, 0.2) is 78.9 Å². The molecule has 3 rings (SSSR count). The second-order valence-corrected chi connectivity index (χ2v) is 6.65. The minimum absolute atomic E-state index is 0.144. The van der Waals surface area contributed by atoms with Crippen LogP contribution in [0.2, 0.25) is 5.02 Å². The van der Waals surface area contributed by atoms with Gasteiger partial charge in [-0.05, 0) is 48.9 Å². The minimum atomic E-state index is -0.252. The SMILES string of the molecule is CCN(C(=O)c1cccc(C(=O)NCc2ccccc2Cl)c1)c1ccccc1. The first kappa shape index (κ1) is 19.6. The second-order valence-electron chi connectivity index (χ2n) is 6.24. The fourth-order valence-electron chi connectivity index (χ4n) is 2.92. The van der Waals surface area contributed by atoms with Crippen molar-refractivity contribution in [2.24, 2.45) is 0 Å². The molecule has 0 unspecified atom stereocenters. The van der Waals surface area contributed by atoms with E-state index in [9.17, 15) is 9.59 Å². The fraction of sp³-hybridized carbons (Fsp3) is 0.130. The van der Waals surface area contributed by atoms with Gasteiger partial charge in [0, 0.05) is 34.9 Å². The van der Waals surface area contributed by atoms with E-state index in [4.69, 9.17) is 11.6 Å². The largest absolute Gasteiger partial charge is 0.348 e. The molecule has 0 heterocycles. The van der Waals surface area contributed by atoms with Gasteiger partial charge in [0.05, 0.1) is 0 Å². The molecule has 4 nitrogen and oxygen atoms in total. The number of hydrogen-bond acceptors (Lipinski definition) is 2. The van der Waals surface area contributed by atoms with E-state index in [2.05, 4.69) is 5.32 Å². The lowest BCUT2D eigenvalue weighted by atomic mass is 10.1. The summed E-state index contributed by atoms with van der Waals surface area (Å²) in [7, 11) is 0. The van der Waals surface area contributed by atoms with E-state index in [0.717, 1.165) is 11.3 Å². The van der Waals surface area contributed by atoms with Crippen LogP contribution in [-0.4, -0.2) is 18.4 Å². The predicted molar refractivity (Wildman–Crippen MR) is 113 cm³/mol. The number of carbonyl (C=O) groups excluding carboxylic acids is 2. The lowest BCUT2D eigenvalue weighted by molar-refractivity contribution is 0.0951. The van der Waals surface area contributed by atoms with Crippen LogP contribution in [0.5, 0.6) is 0 Å². The lowest BCUT2D eigenvalue weighted by Gasteiger charge is -2.21. The van der Waals surface area contributed by atoms with Gasteiger partial charge in [-0.3, -0.25) is 9.59 Å². The van der Waals surface area contributed by atoms with Gasteiger partial charge in [-0.1, -0.05) is 54.1 Å². The van der Waals surface area contributed by atoms with Gasteiger partial charge in [0.1, 0.15) is 0 Å². The average Bonchev–Trinajstić information content (AvgIpc) is 2.74. The molecule has 3 aromatic rings. The van der Waals surface area contributed by atoms with Crippen molar-refractivity contribution >= 4 is 29.1 Å². The molecule has 1 N–H and O–H groups in total. The predicted octanol–water partition coefficient (Wildman–Crippen LogP) is 4.94. The van der Waals surface area contributed by atoms with Crippen LogP contribution < -0.4 is 10.2 Å². The van der Waals surface area contributed by atoms with Crippen LogP contribution in [0.4, 0.5) is 5.69 Å². The van der Waals surface area contributed by atoms with Crippen LogP contribution in [0.3, 0.4) is 0 Å². The third-order valence-corrected chi connectivity index (χ3v) is 4.77. The van der Waals surface area contributed by atoms with Gasteiger partial charge >= 0.3 is 0 Å². The maximum Gasteiger partial charge on any atom is 0.258 e. The third-order valence-electron chi connectivity index (χ3n) is 4.40. The van der Waals surface area contributed by atoms with Gasteiger partial charge in [-0.2, -0.15) is 0 Å². The van der Waals surface area contributed by atoms with Gasteiger partial charge in [0.15, 0.2) is 0 Å². The molecule has 0 radical (unpaired) electrons. The number of amides is 2. The summed E-state index contributed by atoms with van der Waals surface area (Å²) in [5, 5.41) is 3.45. The molecule has 142 valence electrons. The zero-order valence-electron chi connectivity index (χ0n) is 15.6. The molecule has 0 aliphatic heterocycles. The Morgan fingerprint density at radius 2 is 1.57 bits per heavy atom. The summed E-state index contributed by atoms with van der Waals surface area (Å²) < 4.78 is 0. The Balaban J connectivity index is 1.75. The van der Waals surface area contributed by atoms with Gasteiger partial charge in [-0.15, -0.1) is 0 Å². The smallest absolute Gasteiger partial charge is 0.258 e. The molecule has 5 heteroatoms. The second kappa shape index (κ2) is 9.20. The standard InChI is InChI=1S/C23H21ClN2O2/c1-2-26(20-12-4-3-5-13-20)23(28)18-11-8-10-17(15-18)22(27)25-16-19-9-6-7-14-21(19)24/h3-15H,2,16H2,1H3,(H,25,27). The molecule has 2 amide bonds. The van der Waals surface area contributed by atoms with Crippen molar-refractivity contribution in [1.82, 2.24) is 5.32 Å². The van der Waals surface area contributed by atoms with E-state index in [1.807, 2.05) is 55.5 Å². The van der Waals surface area contributed by atoms with E-state index in [1.54, 1.807) is 35.2 Å². The molecule has 0 atom stereocenters. The summed E-state index contributed by atoms with van der Waals surface area (Å²) in [6.45, 7) is 2.78. The zero-order valence-corrected chi connectivity index (χ0v) is 16.3. The van der Waals surface area contributed by atoms with E-state index in [-0.39, 0.29) is 11.8 Å². The zero-order chi connectivity index (χ0) is 19.9. The fourth-order valence-corrected chi connectivity index (χ4v) is 3.12. The average molecular weight is 393 g/mol. The van der Waals surface area contributed by atoms with E-state index in [0.29, 0.717) is 29.2 Å². The van der Waals surface area contributed by atoms with Gasteiger partial charge in [0.2, 0.25) is 0 Å². The summed E-state index contributed by atoms with van der Waals surface area (Å²) in [4.78, 5) is 27.2. The van der Waals surface area contributed by atoms with Gasteiger partial charge in [0.25, 0.3) is 11.8 Å². The number of hydrogen-bond donors (Lipinski definition) is 1. The maximum absolute atomic E-state index is 13.0. The van der Waals surface area contributed by atoms with Crippen LogP contribution in [-0.2, 0) is 6.54 Å². The first-order valence-electron chi connectivity index (χ1n) is 9.08. The summed E-state index contributed by atoms with van der Waals surface area (Å²) in [6, 6.07) is 23.6. The normalized spacial score (nSPS) is 10.4. The van der Waals surface area contributed by atoms with Crippen molar-refractivity contribution in [2.75, 3.05) is 11.4 Å². The molecule has 3 aromatic carbocycles. The summed E-state index contributed by atoms with van der Waals surface area (Å²) in [6.07, 6.45) is 0. The number of para-hydroxylation sites is 1. The van der Waals surface area contributed by atoms with E-state index in [1.165, 1.54) is 0 Å². The molecule has 0 bridgehead atoms. The molecular weight excluding hydrogens is 372 g/mol. The first-order chi connectivity index (χ1) is 13.6. The Kier molecular flexibility index (Phi) is 6.45. The highest BCUT2D eigenvalue weighted by atomic mass is 35.5. The first-order valence-corrected chi connectivity index (χ1v) is 9.46. The Labute approximate surface area is 169 Å². The number of nitrogens with zero attached hydrogens (tertiary/aromatic N) is 1. The van der Waals surface area contributed by atoms with Crippen LogP contribution in [0, 0.1) is 0 Å². The molecule has 28 heavy (non-hydrogen) atoms. The summed E-state index contributed by atoms with van der Waals surface area (Å²) in [5.41, 5.74) is 2.56. The maximum atomic E-state index is 13.0. The Morgan fingerprint density at radius 1 is 0.893 bits per heavy atom. The highest BCUT2D eigenvalue weighted by Crippen LogP contribution is 2.18. The van der Waals surface area contributed by atoms with Crippen LogP contribution >= 0.6 is 11.6 Å². The van der Waals surface area contributed by atoms with Crippen LogP contribution in [0.25, 0.3) is 0 Å². The number of anilines is 1. The molecule has 0 fully saturated rings. The van der Waals surface area contributed by atoms with Crippen LogP contribution in [0.1, 0.15) is 33.2 Å². The minimum Gasteiger partial charge on any atom is -0.348 e. The highest BCUT2D eigenvalue weighted by Gasteiger charge is 2.17. The molecule has 0 aromatic heterocycles. The number of benzene rings is 3. The monoisotopic (exact) mass is 392 g/mol. The number of nitrogens with one attached hydrogen (secondary N) is 1. The van der Waals surface area contributed by atoms with Crippen molar-refractivity contribution in [3.63, 3.8) is 0 Å². The summed E-state index contributed by atoms with van der Waals surface area (Å²) >= 11 is 6.13. The quantitative estimate of drug-likeness (QED) is 0.646. The molecule has 0 spiro atoms. The molecule has 0 aliphatic rings. The molecule has 0 saturated heterocycles. The van der Waals surface area contributed by atoms with Crippen molar-refractivity contribution < 1.29 is 9.59 Å². The molecular formula is C23H21ClN2O2. The summed E-state index contributed by atoms with van der Waals surface area (Å²) in [5.74, 6) is -0.396. The molecule has 0 aliphatic carbocycles. The third kappa shape index (κ3) is 4.59. The van der Waals surface area contributed by atoms with Crippen molar-refractivity contribution in [3.8, 4) is 0 Å².